The maximum absolute atomic E-state index is 11.8. The highest BCUT2D eigenvalue weighted by molar-refractivity contribution is 5.96. The summed E-state index contributed by atoms with van der Waals surface area (Å²) in [5.41, 5.74) is 6.51. The van der Waals surface area contributed by atoms with Gasteiger partial charge in [0, 0.05) is 18.2 Å². The number of carbonyl (C=O) groups excluding carboxylic acids is 1. The van der Waals surface area contributed by atoms with Gasteiger partial charge in [0.15, 0.2) is 0 Å². The molecule has 0 saturated carbocycles. The second-order valence-electron chi connectivity index (χ2n) is 6.33. The Hall–Kier alpha value is -2.19. The van der Waals surface area contributed by atoms with Gasteiger partial charge in [0.05, 0.1) is 4.92 Å². The van der Waals surface area contributed by atoms with Crippen molar-refractivity contribution in [3.8, 4) is 0 Å². The SMILES string of the molecule is CC(CC1CCNC1)N=C(N)CC(=O)OCc1ccc([N+](=O)[O-])cc1.Cl. The minimum atomic E-state index is -0.476. The first-order valence-electron chi connectivity index (χ1n) is 8.36. The molecule has 8 nitrogen and oxygen atoms in total. The second-order valence-corrected chi connectivity index (χ2v) is 6.33. The van der Waals surface area contributed by atoms with Gasteiger partial charge in [0.2, 0.25) is 0 Å². The van der Waals surface area contributed by atoms with Crippen LogP contribution in [0, 0.1) is 16.0 Å². The number of carbonyl (C=O) groups is 1. The van der Waals surface area contributed by atoms with Crippen molar-refractivity contribution in [1.29, 1.82) is 0 Å². The Balaban J connectivity index is 0.00000338. The third kappa shape index (κ3) is 7.37. The molecule has 2 rings (SSSR count). The van der Waals surface area contributed by atoms with Crippen molar-refractivity contribution < 1.29 is 14.5 Å². The number of non-ortho nitro benzene ring substituents is 1. The van der Waals surface area contributed by atoms with E-state index < -0.39 is 10.9 Å². The van der Waals surface area contributed by atoms with E-state index in [4.69, 9.17) is 10.5 Å². The number of halogens is 1. The zero-order chi connectivity index (χ0) is 18.2. The number of nitrogens with one attached hydrogen (secondary N) is 1. The molecule has 0 spiro atoms. The maximum Gasteiger partial charge on any atom is 0.313 e. The molecule has 26 heavy (non-hydrogen) atoms. The van der Waals surface area contributed by atoms with Crippen LogP contribution in [0.5, 0.6) is 0 Å². The Kier molecular flexibility index (Phi) is 9.01. The van der Waals surface area contributed by atoms with Crippen LogP contribution in [0.15, 0.2) is 29.3 Å². The van der Waals surface area contributed by atoms with E-state index >= 15 is 0 Å². The molecule has 2 unspecified atom stereocenters. The fourth-order valence-corrected chi connectivity index (χ4v) is 2.86. The largest absolute Gasteiger partial charge is 0.460 e. The smallest absolute Gasteiger partial charge is 0.313 e. The van der Waals surface area contributed by atoms with Crippen LogP contribution in [0.1, 0.15) is 31.7 Å². The van der Waals surface area contributed by atoms with E-state index in [0.29, 0.717) is 11.5 Å². The number of rotatable bonds is 8. The highest BCUT2D eigenvalue weighted by Crippen LogP contribution is 2.16. The van der Waals surface area contributed by atoms with Gasteiger partial charge in [0.1, 0.15) is 18.9 Å². The molecule has 1 fully saturated rings. The van der Waals surface area contributed by atoms with Crippen molar-refractivity contribution in [2.24, 2.45) is 16.6 Å². The fourth-order valence-electron chi connectivity index (χ4n) is 2.86. The van der Waals surface area contributed by atoms with Crippen molar-refractivity contribution in [3.63, 3.8) is 0 Å². The molecule has 0 aliphatic carbocycles. The Morgan fingerprint density at radius 1 is 1.46 bits per heavy atom. The second kappa shape index (κ2) is 10.7. The van der Waals surface area contributed by atoms with Crippen LogP contribution in [-0.2, 0) is 16.1 Å². The Morgan fingerprint density at radius 2 is 2.15 bits per heavy atom. The Morgan fingerprint density at radius 3 is 2.73 bits per heavy atom. The van der Waals surface area contributed by atoms with Crippen LogP contribution < -0.4 is 11.1 Å². The van der Waals surface area contributed by atoms with Crippen LogP contribution in [-0.4, -0.2) is 35.9 Å². The number of nitro benzene ring substituents is 1. The average Bonchev–Trinajstić information content (AvgIpc) is 3.05. The number of nitrogens with two attached hydrogens (primary N) is 1. The van der Waals surface area contributed by atoms with Crippen LogP contribution in [0.3, 0.4) is 0 Å². The quantitative estimate of drug-likeness (QED) is 0.233. The molecule has 1 aromatic rings. The number of hydrogen-bond acceptors (Lipinski definition) is 6. The van der Waals surface area contributed by atoms with E-state index in [1.54, 1.807) is 12.1 Å². The first kappa shape index (κ1) is 21.9. The van der Waals surface area contributed by atoms with Gasteiger partial charge in [0.25, 0.3) is 5.69 Å². The van der Waals surface area contributed by atoms with E-state index in [1.807, 2.05) is 6.92 Å². The van der Waals surface area contributed by atoms with Crippen molar-refractivity contribution in [2.75, 3.05) is 13.1 Å². The molecule has 1 heterocycles. The minimum absolute atomic E-state index is 0. The summed E-state index contributed by atoms with van der Waals surface area (Å²) in [5, 5.41) is 13.9. The first-order valence-corrected chi connectivity index (χ1v) is 8.36. The lowest BCUT2D eigenvalue weighted by atomic mass is 10.0. The summed E-state index contributed by atoms with van der Waals surface area (Å²) in [5.74, 6) is 0.419. The summed E-state index contributed by atoms with van der Waals surface area (Å²) in [6.07, 6.45) is 2.04. The number of hydrogen-bond donors (Lipinski definition) is 2. The number of esters is 1. The number of nitrogens with zero attached hydrogens (tertiary/aromatic N) is 2. The summed E-state index contributed by atoms with van der Waals surface area (Å²) in [6, 6.07) is 5.94. The van der Waals surface area contributed by atoms with E-state index in [-0.39, 0.29) is 43.0 Å². The molecule has 1 aliphatic heterocycles. The number of benzene rings is 1. The molecule has 144 valence electrons. The molecular formula is C17H25ClN4O4. The summed E-state index contributed by atoms with van der Waals surface area (Å²) >= 11 is 0. The highest BCUT2D eigenvalue weighted by Gasteiger charge is 2.17. The first-order chi connectivity index (χ1) is 11.9. The zero-order valence-corrected chi connectivity index (χ0v) is 15.5. The predicted octanol–water partition coefficient (Wildman–Crippen LogP) is 2.20. The topological polar surface area (TPSA) is 120 Å². The van der Waals surface area contributed by atoms with Gasteiger partial charge in [-0.05, 0) is 56.5 Å². The maximum atomic E-state index is 11.8. The Labute approximate surface area is 158 Å². The van der Waals surface area contributed by atoms with Gasteiger partial charge in [-0.25, -0.2) is 0 Å². The van der Waals surface area contributed by atoms with Gasteiger partial charge in [-0.2, -0.15) is 0 Å². The van der Waals surface area contributed by atoms with Gasteiger partial charge in [-0.15, -0.1) is 12.4 Å². The van der Waals surface area contributed by atoms with E-state index in [9.17, 15) is 14.9 Å². The van der Waals surface area contributed by atoms with E-state index in [2.05, 4.69) is 10.3 Å². The van der Waals surface area contributed by atoms with Crippen molar-refractivity contribution >= 4 is 29.9 Å². The minimum Gasteiger partial charge on any atom is -0.460 e. The molecule has 0 amide bonds. The van der Waals surface area contributed by atoms with Crippen molar-refractivity contribution in [3.05, 3.63) is 39.9 Å². The molecule has 0 aromatic heterocycles. The molecule has 0 radical (unpaired) electrons. The van der Waals surface area contributed by atoms with Crippen LogP contribution >= 0.6 is 12.4 Å². The lowest BCUT2D eigenvalue weighted by molar-refractivity contribution is -0.384. The van der Waals surface area contributed by atoms with Crippen LogP contribution in [0.4, 0.5) is 5.69 Å². The van der Waals surface area contributed by atoms with Gasteiger partial charge in [-0.3, -0.25) is 19.9 Å². The summed E-state index contributed by atoms with van der Waals surface area (Å²) < 4.78 is 5.13. The molecule has 9 heteroatoms. The van der Waals surface area contributed by atoms with Crippen molar-refractivity contribution in [1.82, 2.24) is 5.32 Å². The molecule has 3 N–H and O–H groups in total. The van der Waals surface area contributed by atoms with Gasteiger partial charge in [-0.1, -0.05) is 0 Å². The van der Waals surface area contributed by atoms with Crippen LogP contribution in [0.25, 0.3) is 0 Å². The lowest BCUT2D eigenvalue weighted by Crippen LogP contribution is -2.22. The molecule has 0 bridgehead atoms. The molecular weight excluding hydrogens is 360 g/mol. The normalized spacial score (nSPS) is 18.0. The van der Waals surface area contributed by atoms with Crippen molar-refractivity contribution in [2.45, 2.75) is 38.8 Å². The van der Waals surface area contributed by atoms with E-state index in [0.717, 1.165) is 25.9 Å². The third-order valence-corrected chi connectivity index (χ3v) is 4.10. The van der Waals surface area contributed by atoms with E-state index in [1.165, 1.54) is 12.1 Å². The number of ether oxygens (including phenoxy) is 1. The Bertz CT molecular complexity index is 630. The van der Waals surface area contributed by atoms with Gasteiger partial charge < -0.3 is 15.8 Å². The van der Waals surface area contributed by atoms with Crippen LogP contribution in [0.2, 0.25) is 0 Å². The predicted molar refractivity (Wildman–Crippen MR) is 101 cm³/mol. The highest BCUT2D eigenvalue weighted by atomic mass is 35.5. The van der Waals surface area contributed by atoms with Gasteiger partial charge >= 0.3 is 5.97 Å². The summed E-state index contributed by atoms with van der Waals surface area (Å²) in [7, 11) is 0. The number of aliphatic imine (C=N–C) groups is 1. The molecule has 2 atom stereocenters. The fraction of sp³-hybridized carbons (Fsp3) is 0.529. The zero-order valence-electron chi connectivity index (χ0n) is 14.7. The third-order valence-electron chi connectivity index (χ3n) is 4.10. The summed E-state index contributed by atoms with van der Waals surface area (Å²) in [4.78, 5) is 26.3. The number of nitro groups is 1. The average molecular weight is 385 g/mol. The molecule has 1 aliphatic rings. The lowest BCUT2D eigenvalue weighted by Gasteiger charge is -2.13. The molecule has 1 aromatic carbocycles. The number of amidine groups is 1. The monoisotopic (exact) mass is 384 g/mol. The molecule has 1 saturated heterocycles. The summed E-state index contributed by atoms with van der Waals surface area (Å²) in [6.45, 7) is 4.10. The standard InChI is InChI=1S/C17H24N4O4.ClH/c1-12(8-14-6-7-19-10-14)20-16(18)9-17(22)25-11-13-2-4-15(5-3-13)21(23)24;/h2-5,12,14,19H,6-11H2,1H3,(H2,18,20);1H.